The van der Waals surface area contributed by atoms with Gasteiger partial charge in [0, 0.05) is 0 Å². The summed E-state index contributed by atoms with van der Waals surface area (Å²) in [6, 6.07) is 16.9. The summed E-state index contributed by atoms with van der Waals surface area (Å²) in [6.07, 6.45) is 0. The van der Waals surface area contributed by atoms with Crippen molar-refractivity contribution in [3.63, 3.8) is 0 Å². The largest absolute Gasteiger partial charge is 0.489 e. The van der Waals surface area contributed by atoms with Gasteiger partial charge in [0.2, 0.25) is 0 Å². The third-order valence-electron chi connectivity index (χ3n) is 5.93. The quantitative estimate of drug-likeness (QED) is 0.260. The number of fused-ring (bicyclic) bond motifs is 3. The summed E-state index contributed by atoms with van der Waals surface area (Å²) < 4.78 is 67.9. The summed E-state index contributed by atoms with van der Waals surface area (Å²) in [5.74, 6) is 0. The molecule has 0 aliphatic heterocycles. The number of rotatable bonds is 3. The standard InChI is InChI=1S/C30H21BO2/c32-31(33)30-27-11-5-3-9-25(27)29(26-10-4-6-12-28(26)30)22-16-13-21(14-17-22)24-18-15-20-7-1-2-8-23(20)19-24/h1-19,32-33H/i3D,4D,5D,6D,9D,10D,11D,12D. The van der Waals surface area contributed by atoms with Crippen molar-refractivity contribution in [3.05, 3.63) is 115 Å². The molecule has 0 aliphatic rings. The zero-order valence-electron chi connectivity index (χ0n) is 25.3. The minimum absolute atomic E-state index is 0.0601. The van der Waals surface area contributed by atoms with Gasteiger partial charge in [0.25, 0.3) is 0 Å². The number of hydrogen-bond acceptors (Lipinski definition) is 2. The van der Waals surface area contributed by atoms with Crippen molar-refractivity contribution in [2.45, 2.75) is 0 Å². The van der Waals surface area contributed by atoms with E-state index in [1.165, 1.54) is 0 Å². The SMILES string of the molecule is [2H]c1c([2H])c([2H])c2c(-c3ccc(-c4ccc5ccccc5c4)cc3)c3c([2H])c([2H])c([2H])c([2H])c3c(B(O)O)c2c1[2H]. The van der Waals surface area contributed by atoms with Crippen molar-refractivity contribution in [1.82, 2.24) is 0 Å². The van der Waals surface area contributed by atoms with E-state index < -0.39 is 60.9 Å². The van der Waals surface area contributed by atoms with E-state index in [4.69, 9.17) is 11.0 Å². The summed E-state index contributed by atoms with van der Waals surface area (Å²) in [5, 5.41) is 22.5. The predicted molar refractivity (Wildman–Crippen MR) is 140 cm³/mol. The Labute approximate surface area is 203 Å². The second-order valence-electron chi connectivity index (χ2n) is 7.80. The highest BCUT2D eigenvalue weighted by Gasteiger charge is 2.22. The van der Waals surface area contributed by atoms with E-state index in [-0.39, 0.29) is 27.1 Å². The zero-order valence-corrected chi connectivity index (χ0v) is 17.3. The number of hydrogen-bond donors (Lipinski definition) is 2. The highest BCUT2D eigenvalue weighted by atomic mass is 16.4. The average molecular weight is 432 g/mol. The van der Waals surface area contributed by atoms with Gasteiger partial charge in [-0.1, -0.05) is 109 Å². The maximum atomic E-state index is 10.4. The second kappa shape index (κ2) is 7.89. The van der Waals surface area contributed by atoms with Crippen molar-refractivity contribution in [2.75, 3.05) is 0 Å². The van der Waals surface area contributed by atoms with Crippen LogP contribution in [0.15, 0.2) is 115 Å². The molecular formula is C30H21BO2. The fourth-order valence-corrected chi connectivity index (χ4v) is 4.40. The molecule has 0 heterocycles. The monoisotopic (exact) mass is 432 g/mol. The molecule has 0 bridgehead atoms. The summed E-state index contributed by atoms with van der Waals surface area (Å²) in [7, 11) is -2.27. The molecule has 0 saturated heterocycles. The predicted octanol–water partition coefficient (Wildman–Crippen LogP) is 6.16. The van der Waals surface area contributed by atoms with Crippen LogP contribution < -0.4 is 5.46 Å². The van der Waals surface area contributed by atoms with Crippen molar-refractivity contribution in [2.24, 2.45) is 0 Å². The molecule has 3 heteroatoms. The fourth-order valence-electron chi connectivity index (χ4n) is 4.40. The molecule has 0 spiro atoms. The van der Waals surface area contributed by atoms with Crippen LogP contribution in [0.5, 0.6) is 0 Å². The molecular weight excluding hydrogens is 403 g/mol. The molecule has 2 nitrogen and oxygen atoms in total. The van der Waals surface area contributed by atoms with Gasteiger partial charge in [-0.05, 0) is 66.1 Å². The first-order valence-electron chi connectivity index (χ1n) is 14.4. The lowest BCUT2D eigenvalue weighted by atomic mass is 9.72. The van der Waals surface area contributed by atoms with Gasteiger partial charge in [0.15, 0.2) is 0 Å². The topological polar surface area (TPSA) is 40.5 Å². The Morgan fingerprint density at radius 3 is 1.67 bits per heavy atom. The van der Waals surface area contributed by atoms with E-state index in [9.17, 15) is 10.0 Å². The van der Waals surface area contributed by atoms with E-state index in [0.29, 0.717) is 5.56 Å². The maximum Gasteiger partial charge on any atom is 0.489 e. The van der Waals surface area contributed by atoms with Crippen LogP contribution in [0.2, 0.25) is 0 Å². The highest BCUT2D eigenvalue weighted by Crippen LogP contribution is 2.36. The molecule has 6 rings (SSSR count). The van der Waals surface area contributed by atoms with Crippen LogP contribution in [0.3, 0.4) is 0 Å². The van der Waals surface area contributed by atoms with Crippen molar-refractivity contribution < 1.29 is 21.0 Å². The van der Waals surface area contributed by atoms with Crippen LogP contribution in [0.25, 0.3) is 54.6 Å². The first-order valence-corrected chi connectivity index (χ1v) is 10.4. The van der Waals surface area contributed by atoms with Crippen molar-refractivity contribution in [1.29, 1.82) is 0 Å². The molecule has 33 heavy (non-hydrogen) atoms. The molecule has 0 unspecified atom stereocenters. The van der Waals surface area contributed by atoms with Crippen LogP contribution in [-0.4, -0.2) is 17.2 Å². The minimum atomic E-state index is -2.27. The molecule has 0 aromatic heterocycles. The van der Waals surface area contributed by atoms with Gasteiger partial charge in [-0.3, -0.25) is 0 Å². The molecule has 0 aliphatic carbocycles. The third kappa shape index (κ3) is 3.30. The summed E-state index contributed by atoms with van der Waals surface area (Å²) >= 11 is 0. The lowest BCUT2D eigenvalue weighted by Gasteiger charge is -2.17. The van der Waals surface area contributed by atoms with E-state index in [2.05, 4.69) is 6.07 Å². The fraction of sp³-hybridized carbons (Fsp3) is 0. The summed E-state index contributed by atoms with van der Waals surface area (Å²) in [4.78, 5) is 0. The molecule has 0 atom stereocenters. The highest BCUT2D eigenvalue weighted by molar-refractivity contribution is 6.66. The lowest BCUT2D eigenvalue weighted by molar-refractivity contribution is 0.426. The van der Waals surface area contributed by atoms with E-state index in [1.54, 1.807) is 12.1 Å². The van der Waals surface area contributed by atoms with Gasteiger partial charge < -0.3 is 10.0 Å². The summed E-state index contributed by atoms with van der Waals surface area (Å²) in [6.45, 7) is 0. The molecule has 0 radical (unpaired) electrons. The normalized spacial score (nSPS) is 14.7. The van der Waals surface area contributed by atoms with Gasteiger partial charge in [0.05, 0.1) is 11.0 Å². The molecule has 0 saturated carbocycles. The van der Waals surface area contributed by atoms with Crippen LogP contribution in [0.1, 0.15) is 11.0 Å². The van der Waals surface area contributed by atoms with Crippen molar-refractivity contribution >= 4 is 44.9 Å². The third-order valence-corrected chi connectivity index (χ3v) is 5.93. The van der Waals surface area contributed by atoms with E-state index in [1.807, 2.05) is 48.5 Å². The molecule has 156 valence electrons. The molecule has 0 fully saturated rings. The van der Waals surface area contributed by atoms with Gasteiger partial charge in [-0.2, -0.15) is 0 Å². The number of benzene rings is 6. The minimum Gasteiger partial charge on any atom is -0.423 e. The molecule has 2 N–H and O–H groups in total. The smallest absolute Gasteiger partial charge is 0.423 e. The van der Waals surface area contributed by atoms with Gasteiger partial charge in [0.1, 0.15) is 0 Å². The Morgan fingerprint density at radius 1 is 0.545 bits per heavy atom. The van der Waals surface area contributed by atoms with Gasteiger partial charge >= 0.3 is 7.12 Å². The van der Waals surface area contributed by atoms with E-state index in [0.717, 1.165) is 21.9 Å². The maximum absolute atomic E-state index is 10.4. The van der Waals surface area contributed by atoms with Crippen LogP contribution in [-0.2, 0) is 0 Å². The van der Waals surface area contributed by atoms with Gasteiger partial charge in [-0.15, -0.1) is 0 Å². The van der Waals surface area contributed by atoms with Crippen LogP contribution >= 0.6 is 0 Å². The molecule has 0 amide bonds. The lowest BCUT2D eigenvalue weighted by Crippen LogP contribution is -2.31. The molecule has 6 aromatic rings. The van der Waals surface area contributed by atoms with Crippen LogP contribution in [0.4, 0.5) is 0 Å². The second-order valence-corrected chi connectivity index (χ2v) is 7.80. The first-order chi connectivity index (χ1) is 19.5. The zero-order chi connectivity index (χ0) is 29.3. The Kier molecular flexibility index (Phi) is 3.10. The summed E-state index contributed by atoms with van der Waals surface area (Å²) in [5.41, 5.74) is 2.03. The van der Waals surface area contributed by atoms with Crippen LogP contribution in [0, 0.1) is 0 Å². The Balaban J connectivity index is 1.75. The Hall–Kier alpha value is -3.92. The van der Waals surface area contributed by atoms with E-state index >= 15 is 0 Å². The average Bonchev–Trinajstić information content (AvgIpc) is 2.99. The van der Waals surface area contributed by atoms with Gasteiger partial charge in [-0.25, -0.2) is 0 Å². The Bertz CT molecular complexity index is 1980. The Morgan fingerprint density at radius 2 is 1.06 bits per heavy atom. The molecule has 6 aromatic carbocycles. The first kappa shape index (κ1) is 13.0. The van der Waals surface area contributed by atoms with Crippen molar-refractivity contribution in [3.8, 4) is 22.3 Å².